The van der Waals surface area contributed by atoms with Gasteiger partial charge in [0.15, 0.2) is 0 Å². The van der Waals surface area contributed by atoms with Crippen molar-refractivity contribution in [2.24, 2.45) is 0 Å². The SMILES string of the molecule is CNc1ccc(N(C)c2ccc(Cl)cc2)cc1. The summed E-state index contributed by atoms with van der Waals surface area (Å²) in [5, 5.41) is 3.86. The van der Waals surface area contributed by atoms with E-state index >= 15 is 0 Å². The molecule has 0 amide bonds. The molecule has 2 rings (SSSR count). The summed E-state index contributed by atoms with van der Waals surface area (Å²) in [4.78, 5) is 2.12. The second kappa shape index (κ2) is 5.11. The third-order valence-corrected chi connectivity index (χ3v) is 3.01. The van der Waals surface area contributed by atoms with Gasteiger partial charge >= 0.3 is 0 Å². The number of nitrogens with zero attached hydrogens (tertiary/aromatic N) is 1. The average Bonchev–Trinajstić information content (AvgIpc) is 2.39. The fraction of sp³-hybridized carbons (Fsp3) is 0.143. The Hall–Kier alpha value is -1.67. The van der Waals surface area contributed by atoms with Crippen molar-refractivity contribution in [1.82, 2.24) is 0 Å². The number of rotatable bonds is 3. The smallest absolute Gasteiger partial charge is 0.0409 e. The summed E-state index contributed by atoms with van der Waals surface area (Å²) in [6.45, 7) is 0. The predicted octanol–water partition coefficient (Wildman–Crippen LogP) is 4.15. The molecule has 0 aliphatic carbocycles. The van der Waals surface area contributed by atoms with Crippen LogP contribution >= 0.6 is 11.6 Å². The Morgan fingerprint density at radius 2 is 1.35 bits per heavy atom. The minimum Gasteiger partial charge on any atom is -0.388 e. The normalized spacial score (nSPS) is 10.1. The molecule has 0 aliphatic heterocycles. The number of hydrogen-bond donors (Lipinski definition) is 1. The molecule has 2 aromatic carbocycles. The lowest BCUT2D eigenvalue weighted by Crippen LogP contribution is -2.08. The van der Waals surface area contributed by atoms with Crippen molar-refractivity contribution >= 4 is 28.7 Å². The summed E-state index contributed by atoms with van der Waals surface area (Å²) < 4.78 is 0. The minimum absolute atomic E-state index is 0.757. The highest BCUT2D eigenvalue weighted by atomic mass is 35.5. The quantitative estimate of drug-likeness (QED) is 0.875. The maximum atomic E-state index is 5.88. The van der Waals surface area contributed by atoms with E-state index < -0.39 is 0 Å². The molecule has 0 atom stereocenters. The lowest BCUT2D eigenvalue weighted by molar-refractivity contribution is 1.21. The standard InChI is InChI=1S/C14H15ClN2/c1-16-12-5-9-14(10-6-12)17(2)13-7-3-11(15)4-8-13/h3-10,16H,1-2H3. The fourth-order valence-electron chi connectivity index (χ4n) is 1.67. The Labute approximate surface area is 107 Å². The van der Waals surface area contributed by atoms with Gasteiger partial charge in [-0.1, -0.05) is 11.6 Å². The number of hydrogen-bond acceptors (Lipinski definition) is 2. The largest absolute Gasteiger partial charge is 0.388 e. The molecule has 0 heterocycles. The molecule has 0 radical (unpaired) electrons. The molecule has 0 aliphatic rings. The predicted molar refractivity (Wildman–Crippen MR) is 75.5 cm³/mol. The van der Waals surface area contributed by atoms with Gasteiger partial charge in [-0.25, -0.2) is 0 Å². The molecule has 0 fully saturated rings. The van der Waals surface area contributed by atoms with Crippen molar-refractivity contribution in [2.45, 2.75) is 0 Å². The molecule has 0 unspecified atom stereocenters. The van der Waals surface area contributed by atoms with Crippen LogP contribution in [0.25, 0.3) is 0 Å². The van der Waals surface area contributed by atoms with Crippen molar-refractivity contribution in [1.29, 1.82) is 0 Å². The van der Waals surface area contributed by atoms with Crippen molar-refractivity contribution in [2.75, 3.05) is 24.3 Å². The summed E-state index contributed by atoms with van der Waals surface area (Å²) in [6.07, 6.45) is 0. The van der Waals surface area contributed by atoms with Gasteiger partial charge in [-0.3, -0.25) is 0 Å². The van der Waals surface area contributed by atoms with Crippen LogP contribution in [-0.4, -0.2) is 14.1 Å². The van der Waals surface area contributed by atoms with Crippen LogP contribution in [0.4, 0.5) is 17.1 Å². The first kappa shape index (κ1) is 11.8. The summed E-state index contributed by atoms with van der Waals surface area (Å²) >= 11 is 5.88. The highest BCUT2D eigenvalue weighted by molar-refractivity contribution is 6.30. The van der Waals surface area contributed by atoms with Gasteiger partial charge < -0.3 is 10.2 Å². The third-order valence-electron chi connectivity index (χ3n) is 2.76. The van der Waals surface area contributed by atoms with Gasteiger partial charge in [-0.05, 0) is 48.5 Å². The molecule has 0 saturated heterocycles. The highest BCUT2D eigenvalue weighted by Gasteiger charge is 2.03. The number of benzene rings is 2. The van der Waals surface area contributed by atoms with E-state index in [0.717, 1.165) is 22.1 Å². The van der Waals surface area contributed by atoms with Gasteiger partial charge in [0.1, 0.15) is 0 Å². The Morgan fingerprint density at radius 1 is 0.882 bits per heavy atom. The third kappa shape index (κ3) is 2.71. The van der Waals surface area contributed by atoms with Crippen molar-refractivity contribution in [3.63, 3.8) is 0 Å². The first-order valence-electron chi connectivity index (χ1n) is 5.48. The van der Waals surface area contributed by atoms with E-state index in [4.69, 9.17) is 11.6 Å². The van der Waals surface area contributed by atoms with Gasteiger partial charge in [0.25, 0.3) is 0 Å². The van der Waals surface area contributed by atoms with E-state index in [-0.39, 0.29) is 0 Å². The number of anilines is 3. The zero-order valence-corrected chi connectivity index (χ0v) is 10.7. The van der Waals surface area contributed by atoms with Gasteiger partial charge in [0.05, 0.1) is 0 Å². The summed E-state index contributed by atoms with van der Waals surface area (Å²) in [6, 6.07) is 16.1. The first-order chi connectivity index (χ1) is 8.20. The molecule has 2 nitrogen and oxygen atoms in total. The van der Waals surface area contributed by atoms with Crippen molar-refractivity contribution in [3.8, 4) is 0 Å². The van der Waals surface area contributed by atoms with Crippen LogP contribution in [-0.2, 0) is 0 Å². The highest BCUT2D eigenvalue weighted by Crippen LogP contribution is 2.25. The van der Waals surface area contributed by atoms with Crippen LogP contribution in [0.15, 0.2) is 48.5 Å². The minimum atomic E-state index is 0.757. The Balaban J connectivity index is 2.23. The van der Waals surface area contributed by atoms with Crippen LogP contribution in [0, 0.1) is 0 Å². The molecule has 0 spiro atoms. The van der Waals surface area contributed by atoms with Crippen molar-refractivity contribution < 1.29 is 0 Å². The van der Waals surface area contributed by atoms with E-state index in [0.29, 0.717) is 0 Å². The molecule has 88 valence electrons. The van der Waals surface area contributed by atoms with E-state index in [1.54, 1.807) is 0 Å². The fourth-order valence-corrected chi connectivity index (χ4v) is 1.79. The van der Waals surface area contributed by atoms with Gasteiger partial charge in [0.2, 0.25) is 0 Å². The Kier molecular flexibility index (Phi) is 3.55. The van der Waals surface area contributed by atoms with E-state index in [9.17, 15) is 0 Å². The van der Waals surface area contributed by atoms with Crippen LogP contribution in [0.3, 0.4) is 0 Å². The lowest BCUT2D eigenvalue weighted by Gasteiger charge is -2.19. The van der Waals surface area contributed by atoms with Crippen LogP contribution in [0.5, 0.6) is 0 Å². The number of halogens is 1. The lowest BCUT2D eigenvalue weighted by atomic mass is 10.2. The molecule has 0 saturated carbocycles. The monoisotopic (exact) mass is 246 g/mol. The topological polar surface area (TPSA) is 15.3 Å². The molecule has 0 aromatic heterocycles. The van der Waals surface area contributed by atoms with Crippen LogP contribution in [0.1, 0.15) is 0 Å². The summed E-state index contributed by atoms with van der Waals surface area (Å²) in [7, 11) is 3.95. The molecule has 17 heavy (non-hydrogen) atoms. The maximum Gasteiger partial charge on any atom is 0.0409 e. The molecule has 1 N–H and O–H groups in total. The molecule has 3 heteroatoms. The molecular weight excluding hydrogens is 232 g/mol. The molecular formula is C14H15ClN2. The Bertz CT molecular complexity index is 477. The summed E-state index contributed by atoms with van der Waals surface area (Å²) in [5.41, 5.74) is 3.37. The zero-order valence-electron chi connectivity index (χ0n) is 9.94. The molecule has 0 bridgehead atoms. The zero-order chi connectivity index (χ0) is 12.3. The Morgan fingerprint density at radius 3 is 1.82 bits per heavy atom. The molecule has 2 aromatic rings. The second-order valence-electron chi connectivity index (χ2n) is 3.83. The first-order valence-corrected chi connectivity index (χ1v) is 5.85. The van der Waals surface area contributed by atoms with Crippen molar-refractivity contribution in [3.05, 3.63) is 53.6 Å². The second-order valence-corrected chi connectivity index (χ2v) is 4.27. The van der Waals surface area contributed by atoms with Gasteiger partial charge in [-0.2, -0.15) is 0 Å². The van der Waals surface area contributed by atoms with Crippen LogP contribution in [0.2, 0.25) is 5.02 Å². The maximum absolute atomic E-state index is 5.88. The summed E-state index contributed by atoms with van der Waals surface area (Å²) in [5.74, 6) is 0. The van der Waals surface area contributed by atoms with E-state index in [1.807, 2.05) is 38.4 Å². The van der Waals surface area contributed by atoms with Gasteiger partial charge in [0, 0.05) is 36.2 Å². The van der Waals surface area contributed by atoms with E-state index in [2.05, 4.69) is 34.5 Å². The number of nitrogens with one attached hydrogen (secondary N) is 1. The van der Waals surface area contributed by atoms with Gasteiger partial charge in [-0.15, -0.1) is 0 Å². The van der Waals surface area contributed by atoms with Crippen LogP contribution < -0.4 is 10.2 Å². The average molecular weight is 247 g/mol. The van der Waals surface area contributed by atoms with E-state index in [1.165, 1.54) is 0 Å².